The number of aliphatic carboxylic acids is 1. The summed E-state index contributed by atoms with van der Waals surface area (Å²) in [6.45, 7) is 3.56. The number of hydrogen-bond acceptors (Lipinski definition) is 4. The minimum absolute atomic E-state index is 0.333. The average molecular weight is 243 g/mol. The van der Waals surface area contributed by atoms with Crippen LogP contribution >= 0.6 is 11.3 Å². The minimum atomic E-state index is -1.05. The lowest BCUT2D eigenvalue weighted by atomic mass is 10.2. The molecule has 0 aromatic carbocycles. The smallest absolute Gasteiger partial charge is 0.326 e. The summed E-state index contributed by atoms with van der Waals surface area (Å²) in [4.78, 5) is 26.9. The Bertz CT molecular complexity index is 391. The summed E-state index contributed by atoms with van der Waals surface area (Å²) in [6.07, 6.45) is 1.97. The maximum absolute atomic E-state index is 11.4. The molecular weight excluding hydrogens is 230 g/mol. The Hall–Kier alpha value is -1.63. The zero-order valence-electron chi connectivity index (χ0n) is 8.98. The van der Waals surface area contributed by atoms with Gasteiger partial charge in [-0.3, -0.25) is 5.32 Å². The fraction of sp³-hybridized carbons (Fsp3) is 0.444. The fourth-order valence-corrected chi connectivity index (χ4v) is 1.70. The monoisotopic (exact) mass is 243 g/mol. The van der Waals surface area contributed by atoms with Crippen LogP contribution in [0.3, 0.4) is 0 Å². The molecule has 1 aromatic rings. The van der Waals surface area contributed by atoms with E-state index in [4.69, 9.17) is 5.11 Å². The zero-order chi connectivity index (χ0) is 12.1. The molecule has 6 nitrogen and oxygen atoms in total. The molecule has 2 amide bonds. The molecule has 0 radical (unpaired) electrons. The second-order valence-corrected chi connectivity index (χ2v) is 4.41. The summed E-state index contributed by atoms with van der Waals surface area (Å²) in [5.74, 6) is -1.05. The summed E-state index contributed by atoms with van der Waals surface area (Å²) in [5.41, 5.74) is 0. The van der Waals surface area contributed by atoms with Crippen LogP contribution in [0.2, 0.25) is 0 Å². The molecule has 88 valence electrons. The number of thiazole rings is 1. The van der Waals surface area contributed by atoms with Crippen LogP contribution in [0.4, 0.5) is 9.93 Å². The molecule has 0 bridgehead atoms. The molecule has 7 heteroatoms. The Morgan fingerprint density at radius 2 is 2.31 bits per heavy atom. The van der Waals surface area contributed by atoms with Gasteiger partial charge in [-0.25, -0.2) is 14.6 Å². The molecule has 0 spiro atoms. The largest absolute Gasteiger partial charge is 0.480 e. The second-order valence-electron chi connectivity index (χ2n) is 3.17. The molecule has 0 aliphatic heterocycles. The van der Waals surface area contributed by atoms with Crippen molar-refractivity contribution in [3.8, 4) is 0 Å². The number of anilines is 1. The molecule has 1 atom stereocenters. The van der Waals surface area contributed by atoms with E-state index in [2.05, 4.69) is 15.6 Å². The van der Waals surface area contributed by atoms with Crippen LogP contribution in [-0.2, 0) is 4.79 Å². The molecule has 1 rings (SSSR count). The number of carbonyl (C=O) groups is 2. The van der Waals surface area contributed by atoms with Crippen LogP contribution in [-0.4, -0.2) is 28.1 Å². The van der Waals surface area contributed by atoms with Gasteiger partial charge in [-0.05, 0) is 13.3 Å². The van der Waals surface area contributed by atoms with Crippen molar-refractivity contribution in [2.45, 2.75) is 26.3 Å². The zero-order valence-corrected chi connectivity index (χ0v) is 9.80. The number of rotatable bonds is 4. The SMILES string of the molecule is CC[C@H](NC(=O)Nc1ncc(C)s1)C(=O)O. The van der Waals surface area contributed by atoms with E-state index in [1.54, 1.807) is 13.1 Å². The van der Waals surface area contributed by atoms with Gasteiger partial charge >= 0.3 is 12.0 Å². The van der Waals surface area contributed by atoms with Crippen molar-refractivity contribution in [1.29, 1.82) is 0 Å². The van der Waals surface area contributed by atoms with E-state index in [1.165, 1.54) is 11.3 Å². The van der Waals surface area contributed by atoms with Crippen molar-refractivity contribution < 1.29 is 14.7 Å². The van der Waals surface area contributed by atoms with E-state index in [1.807, 2.05) is 6.92 Å². The number of aromatic nitrogens is 1. The molecule has 16 heavy (non-hydrogen) atoms. The van der Waals surface area contributed by atoms with Gasteiger partial charge in [-0.2, -0.15) is 0 Å². The van der Waals surface area contributed by atoms with Crippen LogP contribution in [0.5, 0.6) is 0 Å². The highest BCUT2D eigenvalue weighted by molar-refractivity contribution is 7.15. The van der Waals surface area contributed by atoms with Gasteiger partial charge in [0.15, 0.2) is 5.13 Å². The van der Waals surface area contributed by atoms with Crippen LogP contribution in [0.1, 0.15) is 18.2 Å². The topological polar surface area (TPSA) is 91.3 Å². The Morgan fingerprint density at radius 3 is 2.75 bits per heavy atom. The highest BCUT2D eigenvalue weighted by atomic mass is 32.1. The van der Waals surface area contributed by atoms with Crippen LogP contribution in [0.25, 0.3) is 0 Å². The van der Waals surface area contributed by atoms with Crippen molar-refractivity contribution in [1.82, 2.24) is 10.3 Å². The van der Waals surface area contributed by atoms with Gasteiger partial charge in [-0.15, -0.1) is 11.3 Å². The summed E-state index contributed by atoms with van der Waals surface area (Å²) in [7, 11) is 0. The Labute approximate surface area is 96.7 Å². The first-order valence-corrected chi connectivity index (χ1v) is 5.57. The van der Waals surface area contributed by atoms with E-state index >= 15 is 0 Å². The van der Waals surface area contributed by atoms with Crippen LogP contribution < -0.4 is 10.6 Å². The average Bonchev–Trinajstić information content (AvgIpc) is 2.60. The molecule has 3 N–H and O–H groups in total. The highest BCUT2D eigenvalue weighted by Crippen LogP contribution is 2.16. The molecule has 0 saturated heterocycles. The van der Waals surface area contributed by atoms with Gasteiger partial charge in [0.25, 0.3) is 0 Å². The van der Waals surface area contributed by atoms with Gasteiger partial charge in [0.1, 0.15) is 6.04 Å². The maximum atomic E-state index is 11.4. The highest BCUT2D eigenvalue weighted by Gasteiger charge is 2.17. The Kier molecular flexibility index (Phi) is 4.24. The standard InChI is InChI=1S/C9H13N3O3S/c1-3-6(7(13)14)11-8(15)12-9-10-4-5(2)16-9/h4,6H,3H2,1-2H3,(H,13,14)(H2,10,11,12,15)/t6-/m0/s1. The Balaban J connectivity index is 2.50. The minimum Gasteiger partial charge on any atom is -0.480 e. The predicted octanol–water partition coefficient (Wildman–Crippen LogP) is 1.44. The van der Waals surface area contributed by atoms with Gasteiger partial charge < -0.3 is 10.4 Å². The summed E-state index contributed by atoms with van der Waals surface area (Å²) < 4.78 is 0. The molecule has 0 fully saturated rings. The normalized spacial score (nSPS) is 11.9. The van der Waals surface area contributed by atoms with E-state index < -0.39 is 18.0 Å². The first kappa shape index (κ1) is 12.4. The number of carbonyl (C=O) groups excluding carboxylic acids is 1. The molecular formula is C9H13N3O3S. The first-order valence-electron chi connectivity index (χ1n) is 4.75. The molecule has 0 saturated carbocycles. The molecule has 1 heterocycles. The lowest BCUT2D eigenvalue weighted by molar-refractivity contribution is -0.139. The van der Waals surface area contributed by atoms with E-state index in [9.17, 15) is 9.59 Å². The van der Waals surface area contributed by atoms with Crippen molar-refractivity contribution in [3.63, 3.8) is 0 Å². The fourth-order valence-electron chi connectivity index (χ4n) is 1.04. The lowest BCUT2D eigenvalue weighted by Gasteiger charge is -2.11. The number of hydrogen-bond donors (Lipinski definition) is 3. The maximum Gasteiger partial charge on any atom is 0.326 e. The molecule has 0 aliphatic rings. The third-order valence-corrected chi connectivity index (χ3v) is 2.68. The number of nitrogens with zero attached hydrogens (tertiary/aromatic N) is 1. The Morgan fingerprint density at radius 1 is 1.62 bits per heavy atom. The lowest BCUT2D eigenvalue weighted by Crippen LogP contribution is -2.42. The number of aryl methyl sites for hydroxylation is 1. The van der Waals surface area contributed by atoms with Gasteiger partial charge in [0, 0.05) is 11.1 Å². The molecule has 1 aromatic heterocycles. The number of carboxylic acids is 1. The van der Waals surface area contributed by atoms with E-state index in [0.717, 1.165) is 4.88 Å². The van der Waals surface area contributed by atoms with E-state index in [-0.39, 0.29) is 0 Å². The van der Waals surface area contributed by atoms with Crippen LogP contribution in [0, 0.1) is 6.92 Å². The third-order valence-electron chi connectivity index (χ3n) is 1.85. The summed E-state index contributed by atoms with van der Waals surface area (Å²) in [6, 6.07) is -1.43. The van der Waals surface area contributed by atoms with Crippen LogP contribution in [0.15, 0.2) is 6.20 Å². The van der Waals surface area contributed by atoms with Gasteiger partial charge in [0.2, 0.25) is 0 Å². The summed E-state index contributed by atoms with van der Waals surface area (Å²) >= 11 is 1.33. The molecule has 0 unspecified atom stereocenters. The van der Waals surface area contributed by atoms with Crippen molar-refractivity contribution in [2.75, 3.05) is 5.32 Å². The second kappa shape index (κ2) is 5.45. The quantitative estimate of drug-likeness (QED) is 0.746. The van der Waals surface area contributed by atoms with Gasteiger partial charge in [-0.1, -0.05) is 6.92 Å². The molecule has 0 aliphatic carbocycles. The predicted molar refractivity (Wildman–Crippen MR) is 60.7 cm³/mol. The summed E-state index contributed by atoms with van der Waals surface area (Å²) in [5, 5.41) is 14.0. The van der Waals surface area contributed by atoms with Crippen molar-refractivity contribution >= 4 is 28.5 Å². The van der Waals surface area contributed by atoms with Crippen molar-refractivity contribution in [2.24, 2.45) is 0 Å². The number of urea groups is 1. The third kappa shape index (κ3) is 3.50. The number of carboxylic acid groups (broad SMARTS) is 1. The van der Waals surface area contributed by atoms with E-state index in [0.29, 0.717) is 11.6 Å². The van der Waals surface area contributed by atoms with Crippen molar-refractivity contribution in [3.05, 3.63) is 11.1 Å². The first-order chi connectivity index (χ1) is 7.52. The van der Waals surface area contributed by atoms with Gasteiger partial charge in [0.05, 0.1) is 0 Å². The number of nitrogens with one attached hydrogen (secondary N) is 2. The number of amides is 2.